The average Bonchev–Trinajstić information content (AvgIpc) is 2.94. The summed E-state index contributed by atoms with van der Waals surface area (Å²) < 4.78 is 6.72. The molecule has 18 heavy (non-hydrogen) atoms. The SMILES string of the molecule is Cc1occc1-c1nnnn1C(C)C(C)C(=O)O. The third kappa shape index (κ3) is 1.99. The standard InChI is InChI=1S/C11H14N4O3/c1-6(11(16)17)7(2)15-10(12-13-14-15)9-4-5-18-8(9)3/h4-7H,1-3H3,(H,16,17). The lowest BCUT2D eigenvalue weighted by atomic mass is 10.0. The maximum atomic E-state index is 11.0. The zero-order valence-corrected chi connectivity index (χ0v) is 10.4. The summed E-state index contributed by atoms with van der Waals surface area (Å²) in [5.74, 6) is -0.254. The smallest absolute Gasteiger partial charge is 0.308 e. The number of hydrogen-bond acceptors (Lipinski definition) is 5. The van der Waals surface area contributed by atoms with Gasteiger partial charge in [0.2, 0.25) is 0 Å². The van der Waals surface area contributed by atoms with E-state index in [9.17, 15) is 4.79 Å². The van der Waals surface area contributed by atoms with Crippen molar-refractivity contribution in [3.8, 4) is 11.4 Å². The van der Waals surface area contributed by atoms with Crippen LogP contribution < -0.4 is 0 Å². The van der Waals surface area contributed by atoms with Crippen LogP contribution in [0, 0.1) is 12.8 Å². The van der Waals surface area contributed by atoms with Crippen molar-refractivity contribution < 1.29 is 14.3 Å². The molecule has 0 aliphatic carbocycles. The lowest BCUT2D eigenvalue weighted by Crippen LogP contribution is -2.23. The first-order chi connectivity index (χ1) is 8.52. The molecule has 0 amide bonds. The highest BCUT2D eigenvalue weighted by molar-refractivity contribution is 5.70. The molecular weight excluding hydrogens is 236 g/mol. The Balaban J connectivity index is 2.40. The van der Waals surface area contributed by atoms with Gasteiger partial charge < -0.3 is 9.52 Å². The molecule has 0 saturated carbocycles. The zero-order chi connectivity index (χ0) is 13.3. The van der Waals surface area contributed by atoms with Crippen LogP contribution in [0.4, 0.5) is 0 Å². The molecule has 0 spiro atoms. The lowest BCUT2D eigenvalue weighted by molar-refractivity contribution is -0.142. The fourth-order valence-corrected chi connectivity index (χ4v) is 1.68. The molecule has 0 aromatic carbocycles. The van der Waals surface area contributed by atoms with Crippen molar-refractivity contribution in [2.75, 3.05) is 0 Å². The highest BCUT2D eigenvalue weighted by Gasteiger charge is 2.25. The van der Waals surface area contributed by atoms with Gasteiger partial charge in [0.1, 0.15) is 5.76 Å². The van der Waals surface area contributed by atoms with Gasteiger partial charge in [-0.1, -0.05) is 0 Å². The molecule has 0 radical (unpaired) electrons. The van der Waals surface area contributed by atoms with Crippen LogP contribution in [0.3, 0.4) is 0 Å². The minimum atomic E-state index is -0.882. The highest BCUT2D eigenvalue weighted by Crippen LogP contribution is 2.26. The Kier molecular flexibility index (Phi) is 3.14. The molecule has 2 heterocycles. The Bertz CT molecular complexity index is 560. The van der Waals surface area contributed by atoms with Crippen molar-refractivity contribution in [3.63, 3.8) is 0 Å². The Hall–Kier alpha value is -2.18. The second-order valence-corrected chi connectivity index (χ2v) is 4.21. The van der Waals surface area contributed by atoms with Gasteiger partial charge in [0.05, 0.1) is 23.8 Å². The largest absolute Gasteiger partial charge is 0.481 e. The van der Waals surface area contributed by atoms with Crippen molar-refractivity contribution >= 4 is 5.97 Å². The third-order valence-corrected chi connectivity index (χ3v) is 3.09. The van der Waals surface area contributed by atoms with E-state index in [4.69, 9.17) is 9.52 Å². The van der Waals surface area contributed by atoms with Crippen molar-refractivity contribution in [1.29, 1.82) is 0 Å². The summed E-state index contributed by atoms with van der Waals surface area (Å²) in [7, 11) is 0. The Morgan fingerprint density at radius 1 is 1.50 bits per heavy atom. The Morgan fingerprint density at radius 3 is 2.78 bits per heavy atom. The number of aliphatic carboxylic acids is 1. The topological polar surface area (TPSA) is 94.0 Å². The zero-order valence-electron chi connectivity index (χ0n) is 10.4. The second kappa shape index (κ2) is 4.59. The van der Waals surface area contributed by atoms with E-state index < -0.39 is 11.9 Å². The first kappa shape index (κ1) is 12.3. The highest BCUT2D eigenvalue weighted by atomic mass is 16.4. The monoisotopic (exact) mass is 250 g/mol. The number of aryl methyl sites for hydroxylation is 1. The van der Waals surface area contributed by atoms with Crippen LogP contribution in [0.5, 0.6) is 0 Å². The van der Waals surface area contributed by atoms with Gasteiger partial charge in [-0.05, 0) is 37.3 Å². The Labute approximate surface area is 103 Å². The first-order valence-electron chi connectivity index (χ1n) is 5.57. The average molecular weight is 250 g/mol. The van der Waals surface area contributed by atoms with Gasteiger partial charge in [-0.15, -0.1) is 5.10 Å². The molecule has 0 fully saturated rings. The van der Waals surface area contributed by atoms with Gasteiger partial charge >= 0.3 is 5.97 Å². The van der Waals surface area contributed by atoms with E-state index >= 15 is 0 Å². The summed E-state index contributed by atoms with van der Waals surface area (Å²) in [4.78, 5) is 11.0. The molecule has 0 saturated heterocycles. The Morgan fingerprint density at radius 2 is 2.22 bits per heavy atom. The van der Waals surface area contributed by atoms with Crippen LogP contribution >= 0.6 is 0 Å². The molecular formula is C11H14N4O3. The summed E-state index contributed by atoms with van der Waals surface area (Å²) in [6.07, 6.45) is 1.55. The minimum absolute atomic E-state index is 0.346. The number of carboxylic acid groups (broad SMARTS) is 1. The molecule has 0 aliphatic heterocycles. The number of tetrazole rings is 1. The van der Waals surface area contributed by atoms with Crippen molar-refractivity contribution in [3.05, 3.63) is 18.1 Å². The quantitative estimate of drug-likeness (QED) is 0.884. The number of furan rings is 1. The summed E-state index contributed by atoms with van der Waals surface area (Å²) in [6.45, 7) is 5.20. The fourth-order valence-electron chi connectivity index (χ4n) is 1.68. The van der Waals surface area contributed by atoms with Gasteiger partial charge in [-0.25, -0.2) is 4.68 Å². The van der Waals surface area contributed by atoms with Gasteiger partial charge in [-0.3, -0.25) is 4.79 Å². The van der Waals surface area contributed by atoms with E-state index in [1.807, 2.05) is 0 Å². The fraction of sp³-hybridized carbons (Fsp3) is 0.455. The lowest BCUT2D eigenvalue weighted by Gasteiger charge is -2.16. The van der Waals surface area contributed by atoms with Crippen molar-refractivity contribution in [2.45, 2.75) is 26.8 Å². The number of carbonyl (C=O) groups is 1. The van der Waals surface area contributed by atoms with Gasteiger partial charge in [0.15, 0.2) is 5.82 Å². The molecule has 2 aromatic heterocycles. The second-order valence-electron chi connectivity index (χ2n) is 4.21. The molecule has 7 nitrogen and oxygen atoms in total. The summed E-state index contributed by atoms with van der Waals surface area (Å²) in [6, 6.07) is 1.41. The van der Waals surface area contributed by atoms with E-state index in [2.05, 4.69) is 15.5 Å². The summed E-state index contributed by atoms with van der Waals surface area (Å²) >= 11 is 0. The van der Waals surface area contributed by atoms with Crippen LogP contribution in [-0.4, -0.2) is 31.3 Å². The molecule has 0 bridgehead atoms. The summed E-state index contributed by atoms with van der Waals surface area (Å²) in [5.41, 5.74) is 0.768. The van der Waals surface area contributed by atoms with Gasteiger partial charge in [0.25, 0.3) is 0 Å². The number of hydrogen-bond donors (Lipinski definition) is 1. The van der Waals surface area contributed by atoms with E-state index in [1.54, 1.807) is 33.1 Å². The molecule has 2 atom stereocenters. The number of carboxylic acids is 1. The van der Waals surface area contributed by atoms with E-state index in [-0.39, 0.29) is 6.04 Å². The molecule has 2 rings (SSSR count). The minimum Gasteiger partial charge on any atom is -0.481 e. The van der Waals surface area contributed by atoms with Gasteiger partial charge in [0, 0.05) is 0 Å². The molecule has 1 N–H and O–H groups in total. The predicted octanol–water partition coefficient (Wildman–Crippen LogP) is 1.52. The molecule has 2 aromatic rings. The number of rotatable bonds is 4. The van der Waals surface area contributed by atoms with Crippen LogP contribution in [0.1, 0.15) is 25.6 Å². The van der Waals surface area contributed by atoms with E-state index in [1.165, 1.54) is 4.68 Å². The third-order valence-electron chi connectivity index (χ3n) is 3.09. The molecule has 0 aliphatic rings. The van der Waals surface area contributed by atoms with Crippen LogP contribution in [0.25, 0.3) is 11.4 Å². The van der Waals surface area contributed by atoms with Crippen LogP contribution in [-0.2, 0) is 4.79 Å². The van der Waals surface area contributed by atoms with Crippen LogP contribution in [0.15, 0.2) is 16.7 Å². The van der Waals surface area contributed by atoms with E-state index in [0.717, 1.165) is 5.56 Å². The maximum absolute atomic E-state index is 11.0. The van der Waals surface area contributed by atoms with Crippen molar-refractivity contribution in [1.82, 2.24) is 20.2 Å². The number of nitrogens with zero attached hydrogens (tertiary/aromatic N) is 4. The van der Waals surface area contributed by atoms with E-state index in [0.29, 0.717) is 11.6 Å². The van der Waals surface area contributed by atoms with Crippen LogP contribution in [0.2, 0.25) is 0 Å². The van der Waals surface area contributed by atoms with Gasteiger partial charge in [-0.2, -0.15) is 0 Å². The van der Waals surface area contributed by atoms with Crippen molar-refractivity contribution in [2.24, 2.45) is 5.92 Å². The molecule has 2 unspecified atom stereocenters. The normalized spacial score (nSPS) is 14.4. The maximum Gasteiger partial charge on any atom is 0.308 e. The molecule has 7 heteroatoms. The summed E-state index contributed by atoms with van der Waals surface area (Å²) in [5, 5.41) is 20.4. The first-order valence-corrected chi connectivity index (χ1v) is 5.57. The molecule has 96 valence electrons. The predicted molar refractivity (Wildman–Crippen MR) is 61.8 cm³/mol. The number of aromatic nitrogens is 4.